The van der Waals surface area contributed by atoms with Crippen LogP contribution >= 0.6 is 11.3 Å². The third-order valence-electron chi connectivity index (χ3n) is 5.06. The van der Waals surface area contributed by atoms with Gasteiger partial charge in [-0.1, -0.05) is 29.4 Å². The molecular weight excluding hydrogens is 334 g/mol. The van der Waals surface area contributed by atoms with Crippen molar-refractivity contribution in [3.05, 3.63) is 40.1 Å². The molecule has 1 N–H and O–H groups in total. The van der Waals surface area contributed by atoms with E-state index >= 15 is 0 Å². The summed E-state index contributed by atoms with van der Waals surface area (Å²) in [6.07, 6.45) is 4.68. The zero-order valence-electron chi connectivity index (χ0n) is 14.0. The van der Waals surface area contributed by atoms with Crippen LogP contribution in [0.3, 0.4) is 0 Å². The van der Waals surface area contributed by atoms with Gasteiger partial charge in [0.15, 0.2) is 0 Å². The first-order valence-corrected chi connectivity index (χ1v) is 9.25. The smallest absolute Gasteiger partial charge is 0.203 e. The predicted molar refractivity (Wildman–Crippen MR) is 101 cm³/mol. The van der Waals surface area contributed by atoms with Gasteiger partial charge in [0, 0.05) is 52.2 Å². The van der Waals surface area contributed by atoms with Crippen molar-refractivity contribution in [3.63, 3.8) is 0 Å². The summed E-state index contributed by atoms with van der Waals surface area (Å²) < 4.78 is 0. The molecule has 1 aromatic heterocycles. The van der Waals surface area contributed by atoms with Crippen molar-refractivity contribution in [1.29, 1.82) is 0 Å². The quantitative estimate of drug-likeness (QED) is 0.371. The lowest BCUT2D eigenvalue weighted by Gasteiger charge is -2.31. The second-order valence-corrected chi connectivity index (χ2v) is 7.38. The molecule has 1 aromatic carbocycles. The molecule has 0 aliphatic carbocycles. The van der Waals surface area contributed by atoms with Crippen LogP contribution < -0.4 is 5.43 Å². The predicted octanol–water partition coefficient (Wildman–Crippen LogP) is 4.78. The molecule has 0 unspecified atom stereocenters. The summed E-state index contributed by atoms with van der Waals surface area (Å²) in [5.41, 5.74) is 15.3. The molecule has 2 aromatic rings. The number of hydrogen-bond donors (Lipinski definition) is 1. The second kappa shape index (κ2) is 6.84. The highest BCUT2D eigenvalue weighted by Gasteiger charge is 2.36. The largest absolute Gasteiger partial charge is 0.300 e. The van der Waals surface area contributed by atoms with Crippen LogP contribution in [0.2, 0.25) is 0 Å². The molecule has 128 valence electrons. The molecule has 7 nitrogen and oxygen atoms in total. The molecule has 2 aliphatic rings. The van der Waals surface area contributed by atoms with Gasteiger partial charge in [0.25, 0.3) is 0 Å². The van der Waals surface area contributed by atoms with Crippen LogP contribution in [-0.2, 0) is 0 Å². The van der Waals surface area contributed by atoms with Gasteiger partial charge in [-0.05, 0) is 25.4 Å². The Morgan fingerprint density at radius 1 is 1.24 bits per heavy atom. The van der Waals surface area contributed by atoms with Crippen LogP contribution in [0, 0.1) is 0 Å². The van der Waals surface area contributed by atoms with Crippen LogP contribution in [0.25, 0.3) is 21.7 Å². The van der Waals surface area contributed by atoms with Crippen LogP contribution in [0.1, 0.15) is 25.7 Å². The molecule has 8 heteroatoms. The Bertz CT molecular complexity index is 819. The summed E-state index contributed by atoms with van der Waals surface area (Å²) in [5, 5.41) is 11.0. The highest BCUT2D eigenvalue weighted by atomic mass is 32.1. The highest BCUT2D eigenvalue weighted by molar-refractivity contribution is 7.14. The van der Waals surface area contributed by atoms with Crippen molar-refractivity contribution < 1.29 is 0 Å². The van der Waals surface area contributed by atoms with Crippen LogP contribution in [0.4, 0.5) is 10.8 Å². The summed E-state index contributed by atoms with van der Waals surface area (Å²) in [4.78, 5) is 9.88. The molecule has 0 spiro atoms. The molecule has 2 bridgehead atoms. The summed E-state index contributed by atoms with van der Waals surface area (Å²) in [6, 6.07) is 8.69. The van der Waals surface area contributed by atoms with Crippen LogP contribution in [-0.4, -0.2) is 34.7 Å². The van der Waals surface area contributed by atoms with Crippen molar-refractivity contribution in [2.45, 2.75) is 37.8 Å². The zero-order chi connectivity index (χ0) is 17.2. The third kappa shape index (κ3) is 3.37. The van der Waals surface area contributed by atoms with Gasteiger partial charge in [0.1, 0.15) is 0 Å². The number of hydrazone groups is 1. The van der Waals surface area contributed by atoms with Gasteiger partial charge in [-0.25, -0.2) is 4.98 Å². The van der Waals surface area contributed by atoms with E-state index in [1.54, 1.807) is 23.5 Å². The molecule has 4 rings (SSSR count). The molecule has 0 saturated carbocycles. The lowest BCUT2D eigenvalue weighted by molar-refractivity contribution is 0.231. The minimum atomic E-state index is 0.600. The number of nitrogens with zero attached hydrogens (tertiary/aromatic N) is 6. The number of fused-ring (bicyclic) bond motifs is 2. The Labute approximate surface area is 150 Å². The van der Waals surface area contributed by atoms with Gasteiger partial charge in [0.05, 0.1) is 5.69 Å². The van der Waals surface area contributed by atoms with E-state index in [9.17, 15) is 0 Å². The number of azide groups is 1. The van der Waals surface area contributed by atoms with Gasteiger partial charge in [-0.15, -0.1) is 11.3 Å². The van der Waals surface area contributed by atoms with E-state index in [1.807, 2.05) is 17.5 Å². The fourth-order valence-corrected chi connectivity index (χ4v) is 4.30. The van der Waals surface area contributed by atoms with Crippen molar-refractivity contribution in [2.24, 2.45) is 10.2 Å². The van der Waals surface area contributed by atoms with E-state index < -0.39 is 0 Å². The molecule has 0 radical (unpaired) electrons. The van der Waals surface area contributed by atoms with E-state index in [4.69, 9.17) is 5.53 Å². The Morgan fingerprint density at radius 3 is 2.64 bits per heavy atom. The van der Waals surface area contributed by atoms with E-state index in [1.165, 1.54) is 18.6 Å². The first-order valence-electron chi connectivity index (χ1n) is 8.37. The number of anilines is 1. The fraction of sp³-hybridized carbons (Fsp3) is 0.412. The summed E-state index contributed by atoms with van der Waals surface area (Å²) in [5.74, 6) is 0. The summed E-state index contributed by atoms with van der Waals surface area (Å²) >= 11 is 1.54. The molecule has 2 fully saturated rings. The summed E-state index contributed by atoms with van der Waals surface area (Å²) in [6.45, 7) is 0. The Balaban J connectivity index is 1.43. The van der Waals surface area contributed by atoms with Crippen molar-refractivity contribution in [3.8, 4) is 11.3 Å². The maximum absolute atomic E-state index is 8.45. The van der Waals surface area contributed by atoms with Gasteiger partial charge in [0.2, 0.25) is 5.13 Å². The van der Waals surface area contributed by atoms with E-state index in [0.29, 0.717) is 17.8 Å². The number of benzene rings is 1. The summed E-state index contributed by atoms with van der Waals surface area (Å²) in [7, 11) is 2.23. The average molecular weight is 353 g/mol. The average Bonchev–Trinajstić information content (AvgIpc) is 3.16. The highest BCUT2D eigenvalue weighted by Crippen LogP contribution is 2.33. The maximum atomic E-state index is 8.45. The molecular formula is C17H19N7S. The maximum Gasteiger partial charge on any atom is 0.203 e. The van der Waals surface area contributed by atoms with Crippen molar-refractivity contribution in [1.82, 2.24) is 9.88 Å². The standard InChI is InChI=1S/C17H19N7S/c1-24-14-6-7-15(24)9-13(8-14)20-22-17-19-16(10-25-17)11-2-4-12(5-3-11)21-23-18/h2-5,10,14-15H,6-9H2,1H3,(H,19,22)/t14-,15+. The second-order valence-electron chi connectivity index (χ2n) is 6.52. The number of aromatic nitrogens is 1. The van der Waals surface area contributed by atoms with E-state index in [-0.39, 0.29) is 0 Å². The number of rotatable bonds is 4. The SMILES string of the molecule is CN1[C@@H]2CC[C@H]1CC(=NNc1nc(-c3ccc(N=[N+]=[N-])cc3)cs1)C2. The van der Waals surface area contributed by atoms with Gasteiger partial charge < -0.3 is 0 Å². The Kier molecular flexibility index (Phi) is 4.40. The van der Waals surface area contributed by atoms with E-state index in [0.717, 1.165) is 29.2 Å². The van der Waals surface area contributed by atoms with Crippen LogP contribution in [0.15, 0.2) is 39.9 Å². The minimum Gasteiger partial charge on any atom is -0.300 e. The number of nitrogens with one attached hydrogen (secondary N) is 1. The first kappa shape index (κ1) is 16.1. The lowest BCUT2D eigenvalue weighted by atomic mass is 10.0. The number of piperidine rings is 1. The lowest BCUT2D eigenvalue weighted by Crippen LogP contribution is -2.40. The topological polar surface area (TPSA) is 89.3 Å². The molecule has 2 aliphatic heterocycles. The monoisotopic (exact) mass is 353 g/mol. The Hall–Kier alpha value is -2.41. The minimum absolute atomic E-state index is 0.600. The van der Waals surface area contributed by atoms with Gasteiger partial charge in [-0.2, -0.15) is 5.10 Å². The van der Waals surface area contributed by atoms with Crippen molar-refractivity contribution in [2.75, 3.05) is 12.5 Å². The molecule has 3 heterocycles. The molecule has 0 amide bonds. The van der Waals surface area contributed by atoms with Gasteiger partial charge in [-0.3, -0.25) is 10.3 Å². The number of thiazole rings is 1. The third-order valence-corrected chi connectivity index (χ3v) is 5.81. The van der Waals surface area contributed by atoms with Crippen LogP contribution in [0.5, 0.6) is 0 Å². The van der Waals surface area contributed by atoms with Gasteiger partial charge >= 0.3 is 0 Å². The number of hydrogen-bond acceptors (Lipinski definition) is 6. The first-order chi connectivity index (χ1) is 12.2. The van der Waals surface area contributed by atoms with Crippen molar-refractivity contribution >= 4 is 27.9 Å². The molecule has 2 saturated heterocycles. The molecule has 2 atom stereocenters. The Morgan fingerprint density at radius 2 is 1.96 bits per heavy atom. The molecule has 25 heavy (non-hydrogen) atoms. The fourth-order valence-electron chi connectivity index (χ4n) is 3.64. The normalized spacial score (nSPS) is 24.3. The van der Waals surface area contributed by atoms with E-state index in [2.05, 4.69) is 37.5 Å². The zero-order valence-corrected chi connectivity index (χ0v) is 14.8.